The van der Waals surface area contributed by atoms with Crippen molar-refractivity contribution in [2.24, 2.45) is 0 Å². The van der Waals surface area contributed by atoms with Crippen molar-refractivity contribution in [2.45, 2.75) is 81.6 Å². The molecule has 69 heavy (non-hydrogen) atoms. The highest BCUT2D eigenvalue weighted by Gasteiger charge is 2.55. The van der Waals surface area contributed by atoms with E-state index in [-0.39, 0.29) is 23.3 Å². The average molecular weight is 929 g/mol. The van der Waals surface area contributed by atoms with Crippen LogP contribution in [0.3, 0.4) is 0 Å². The lowest BCUT2D eigenvalue weighted by atomic mass is 10.0. The third kappa shape index (κ3) is 9.11. The minimum Gasteiger partial charge on any atom is -0.388 e. The number of aryl methyl sites for hydroxylation is 1. The van der Waals surface area contributed by atoms with Gasteiger partial charge in [0.25, 0.3) is 11.8 Å². The number of aliphatic hydroxyl groups excluding tert-OH is 2. The predicted molar refractivity (Wildman–Crippen MR) is 253 cm³/mol. The van der Waals surface area contributed by atoms with E-state index >= 15 is 0 Å². The van der Waals surface area contributed by atoms with Crippen molar-refractivity contribution < 1.29 is 38.7 Å². The Hall–Kier alpha value is -7.58. The first kappa shape index (κ1) is 45.2. The fourth-order valence-electron chi connectivity index (χ4n) is 8.86. The normalized spacial score (nSPS) is 23.8. The number of ether oxygens (including phenoxy) is 4. The minimum absolute atomic E-state index is 0.0652. The zero-order valence-electron chi connectivity index (χ0n) is 37.5. The van der Waals surface area contributed by atoms with E-state index < -0.39 is 60.6 Å². The van der Waals surface area contributed by atoms with Crippen LogP contribution in [-0.4, -0.2) is 103 Å². The number of benzene rings is 4. The molecule has 3 saturated heterocycles. The first-order valence-electron chi connectivity index (χ1n) is 22.4. The molecule has 0 unspecified atom stereocenters. The number of amides is 2. The molecule has 0 saturated carbocycles. The molecule has 0 aliphatic carbocycles. The number of imidazole rings is 2. The van der Waals surface area contributed by atoms with Gasteiger partial charge in [-0.2, -0.15) is 0 Å². The van der Waals surface area contributed by atoms with Crippen molar-refractivity contribution in [3.63, 3.8) is 0 Å². The summed E-state index contributed by atoms with van der Waals surface area (Å²) in [6.07, 6.45) is 5.80. The zero-order valence-corrected chi connectivity index (χ0v) is 37.5. The quantitative estimate of drug-likeness (QED) is 0.132. The summed E-state index contributed by atoms with van der Waals surface area (Å²) in [4.78, 5) is 54.5. The monoisotopic (exact) mass is 928 g/mol. The molecular weight excluding hydrogens is 881 g/mol. The number of imide groups is 1. The van der Waals surface area contributed by atoms with E-state index in [1.165, 1.54) is 19.0 Å². The van der Waals surface area contributed by atoms with Gasteiger partial charge in [-0.3, -0.25) is 18.7 Å². The summed E-state index contributed by atoms with van der Waals surface area (Å²) < 4.78 is 28.4. The number of anilines is 2. The summed E-state index contributed by atoms with van der Waals surface area (Å²) >= 11 is 0. The SMILES string of the molecule is CC1(C)O[C@@H]2[C@H](O1)[C@@H](/C=C/c1ccccc1)O[C@H]2n1cnc2c(N(C(=O)c3ccccc3)C(=O)c3ccccc3)ncnc21.Nc1ncnc2c1ncn2[C@@H]1O[C@H](CCc2ccccc2)[C@@H](O)[C@H]1O. The van der Waals surface area contributed by atoms with E-state index in [1.807, 2.05) is 86.7 Å². The van der Waals surface area contributed by atoms with Gasteiger partial charge < -0.3 is 34.9 Å². The van der Waals surface area contributed by atoms with Crippen LogP contribution in [0.1, 0.15) is 64.6 Å². The third-order valence-corrected chi connectivity index (χ3v) is 12.2. The number of aliphatic hydroxyl groups is 2. The van der Waals surface area contributed by atoms with Crippen molar-refractivity contribution in [3.8, 4) is 0 Å². The lowest BCUT2D eigenvalue weighted by Gasteiger charge is -2.24. The van der Waals surface area contributed by atoms with Crippen LogP contribution in [0.5, 0.6) is 0 Å². The minimum atomic E-state index is -1.07. The lowest BCUT2D eigenvalue weighted by Crippen LogP contribution is -2.38. The predicted octanol–water partition coefficient (Wildman–Crippen LogP) is 6.10. The van der Waals surface area contributed by atoms with Gasteiger partial charge in [-0.1, -0.05) is 109 Å². The largest absolute Gasteiger partial charge is 0.388 e. The maximum absolute atomic E-state index is 13.9. The molecule has 3 fully saturated rings. The summed E-state index contributed by atoms with van der Waals surface area (Å²) in [6, 6.07) is 37.1. The molecule has 0 spiro atoms. The number of carbonyl (C=O) groups is 2. The third-order valence-electron chi connectivity index (χ3n) is 12.2. The second-order valence-corrected chi connectivity index (χ2v) is 17.2. The summed E-state index contributed by atoms with van der Waals surface area (Å²) in [5, 5.41) is 20.8. The Morgan fingerprint density at radius 1 is 0.667 bits per heavy atom. The van der Waals surface area contributed by atoms with Crippen LogP contribution in [0.2, 0.25) is 0 Å². The molecule has 18 heteroatoms. The highest BCUT2D eigenvalue weighted by molar-refractivity contribution is 6.27. The van der Waals surface area contributed by atoms with Gasteiger partial charge in [0, 0.05) is 11.1 Å². The molecular formula is C51H48N10O8. The molecule has 8 aromatic rings. The molecule has 350 valence electrons. The van der Waals surface area contributed by atoms with Gasteiger partial charge in [0.05, 0.1) is 18.8 Å². The van der Waals surface area contributed by atoms with Crippen molar-refractivity contribution in [2.75, 3.05) is 10.6 Å². The second-order valence-electron chi connectivity index (χ2n) is 17.2. The molecule has 0 bridgehead atoms. The number of hydrogen-bond donors (Lipinski definition) is 3. The maximum atomic E-state index is 13.9. The van der Waals surface area contributed by atoms with Crippen molar-refractivity contribution in [1.82, 2.24) is 39.0 Å². The highest BCUT2D eigenvalue weighted by Crippen LogP contribution is 2.45. The Kier molecular flexibility index (Phi) is 12.6. The zero-order chi connectivity index (χ0) is 47.6. The van der Waals surface area contributed by atoms with Gasteiger partial charge in [-0.25, -0.2) is 34.8 Å². The molecule has 11 rings (SSSR count). The van der Waals surface area contributed by atoms with E-state index in [1.54, 1.807) is 76.1 Å². The van der Waals surface area contributed by atoms with Crippen LogP contribution < -0.4 is 10.6 Å². The van der Waals surface area contributed by atoms with E-state index in [4.69, 9.17) is 24.7 Å². The topological polar surface area (TPSA) is 228 Å². The van der Waals surface area contributed by atoms with Gasteiger partial charge in [0.15, 0.2) is 46.7 Å². The fraction of sp³-hybridized carbons (Fsp3) is 0.255. The number of fused-ring (bicyclic) bond motifs is 3. The van der Waals surface area contributed by atoms with Crippen LogP contribution in [0.25, 0.3) is 28.4 Å². The number of carbonyl (C=O) groups excluding carboxylic acids is 2. The van der Waals surface area contributed by atoms with Crippen molar-refractivity contribution >= 4 is 51.9 Å². The van der Waals surface area contributed by atoms with Gasteiger partial charge >= 0.3 is 0 Å². The van der Waals surface area contributed by atoms with Crippen LogP contribution in [-0.2, 0) is 25.4 Å². The van der Waals surface area contributed by atoms with Gasteiger partial charge in [0.1, 0.15) is 48.7 Å². The smallest absolute Gasteiger partial charge is 0.266 e. The molecule has 4 N–H and O–H groups in total. The summed E-state index contributed by atoms with van der Waals surface area (Å²) in [5.74, 6) is -1.57. The molecule has 2 amide bonds. The number of nitrogens with two attached hydrogens (primary N) is 1. The van der Waals surface area contributed by atoms with E-state index in [2.05, 4.69) is 29.9 Å². The van der Waals surface area contributed by atoms with Gasteiger partial charge in [0.2, 0.25) is 0 Å². The van der Waals surface area contributed by atoms with Crippen LogP contribution in [0.15, 0.2) is 153 Å². The number of hydrogen-bond acceptors (Lipinski definition) is 15. The number of nitrogen functional groups attached to an aromatic ring is 1. The molecule has 7 heterocycles. The number of aromatic nitrogens is 8. The molecule has 4 aromatic carbocycles. The maximum Gasteiger partial charge on any atom is 0.266 e. The fourth-order valence-corrected chi connectivity index (χ4v) is 8.86. The van der Waals surface area contributed by atoms with Crippen LogP contribution in [0.4, 0.5) is 11.6 Å². The molecule has 4 aromatic heterocycles. The van der Waals surface area contributed by atoms with E-state index in [0.29, 0.717) is 34.4 Å². The number of rotatable bonds is 10. The second kappa shape index (κ2) is 19.2. The van der Waals surface area contributed by atoms with Crippen molar-refractivity contribution in [3.05, 3.63) is 175 Å². The van der Waals surface area contributed by atoms with Crippen LogP contribution in [0, 0.1) is 0 Å². The first-order valence-corrected chi connectivity index (χ1v) is 22.4. The molecule has 18 nitrogen and oxygen atoms in total. The Bertz CT molecular complexity index is 3050. The molecule has 3 aliphatic heterocycles. The molecule has 0 radical (unpaired) electrons. The van der Waals surface area contributed by atoms with E-state index in [9.17, 15) is 19.8 Å². The highest BCUT2D eigenvalue weighted by atomic mass is 16.8. The summed E-state index contributed by atoms with van der Waals surface area (Å²) in [5.41, 5.74) is 10.2. The Morgan fingerprint density at radius 3 is 1.87 bits per heavy atom. The van der Waals surface area contributed by atoms with Crippen molar-refractivity contribution in [1.29, 1.82) is 0 Å². The van der Waals surface area contributed by atoms with E-state index in [0.717, 1.165) is 22.4 Å². The Balaban J connectivity index is 0.000000187. The Morgan fingerprint density at radius 2 is 1.22 bits per heavy atom. The van der Waals surface area contributed by atoms with Gasteiger partial charge in [-0.15, -0.1) is 0 Å². The summed E-state index contributed by atoms with van der Waals surface area (Å²) in [6.45, 7) is 3.74. The molecule has 3 aliphatic rings. The lowest BCUT2D eigenvalue weighted by molar-refractivity contribution is -0.191. The summed E-state index contributed by atoms with van der Waals surface area (Å²) in [7, 11) is 0. The van der Waals surface area contributed by atoms with Gasteiger partial charge in [-0.05, 0) is 62.1 Å². The molecule has 8 atom stereocenters. The average Bonchev–Trinajstić information content (AvgIpc) is 4.20. The standard InChI is InChI=1S/C34H29N5O5.C17H19N5O3/c1-34(2)43-27-25(19-18-22-12-6-3-7-13-22)42-33(28(27)44-34)38-21-37-26-29(38)35-20-36-30(26)39(31(40)23-14-8-4-9-15-23)32(41)24-16-10-5-11-17-24;18-15-12-16(20-8-19-15)22(9-21-12)17-14(24)13(23)11(25-17)7-6-10-4-2-1-3-5-10/h3-21,25,27-28,33H,1-2H3;1-5,8-9,11,13-14,17,23-24H,6-7H2,(H2,18,19,20)/b19-18+;/t25-,27-,28-,33-;11-,13-,14-,17-/m11/s1. The van der Waals surface area contributed by atoms with Crippen LogP contribution >= 0.6 is 0 Å². The first-order chi connectivity index (χ1) is 33.5. The number of nitrogens with zero attached hydrogens (tertiary/aromatic N) is 9. The Labute approximate surface area is 395 Å².